The number of carbonyl (C=O) groups excluding carboxylic acids is 2. The van der Waals surface area contributed by atoms with Crippen LogP contribution in [0.4, 0.5) is 0 Å². The lowest BCUT2D eigenvalue weighted by atomic mass is 9.82. The lowest BCUT2D eigenvalue weighted by Crippen LogP contribution is -2.28. The van der Waals surface area contributed by atoms with Gasteiger partial charge in [-0.2, -0.15) is 0 Å². The molecule has 0 amide bonds. The number of rotatable bonds is 20. The fourth-order valence-electron chi connectivity index (χ4n) is 5.25. The highest BCUT2D eigenvalue weighted by Crippen LogP contribution is 2.31. The molecule has 0 heterocycles. The number of esters is 2. The van der Waals surface area contributed by atoms with E-state index in [0.29, 0.717) is 25.0 Å². The Morgan fingerprint density at radius 1 is 0.528 bits per heavy atom. The smallest absolute Gasteiger partial charge is 0.308 e. The molecule has 212 valence electrons. The maximum absolute atomic E-state index is 12.5. The van der Waals surface area contributed by atoms with Crippen molar-refractivity contribution in [2.75, 3.05) is 13.2 Å². The standard InChI is InChI=1S/C32H60O4/c1-25(2)13-9-7-11-15-27(5)21-23-35-31(33)29-17-19-30(20-18-29)32(34)36-24-22-28(6)16-12-8-10-14-26(3)4/h25-30H,7-24H2,1-6H3. The summed E-state index contributed by atoms with van der Waals surface area (Å²) in [5.74, 6) is 2.60. The molecule has 1 aliphatic rings. The average molecular weight is 509 g/mol. The van der Waals surface area contributed by atoms with Gasteiger partial charge in [-0.25, -0.2) is 0 Å². The summed E-state index contributed by atoms with van der Waals surface area (Å²) < 4.78 is 11.2. The molecule has 0 aliphatic heterocycles. The zero-order valence-electron chi connectivity index (χ0n) is 24.8. The Balaban J connectivity index is 2.08. The van der Waals surface area contributed by atoms with Crippen molar-refractivity contribution < 1.29 is 19.1 Å². The summed E-state index contributed by atoms with van der Waals surface area (Å²) in [5.41, 5.74) is 0. The Bertz CT molecular complexity index is 513. The Morgan fingerprint density at radius 2 is 0.861 bits per heavy atom. The van der Waals surface area contributed by atoms with Gasteiger partial charge < -0.3 is 9.47 Å². The van der Waals surface area contributed by atoms with Crippen LogP contribution < -0.4 is 0 Å². The highest BCUT2D eigenvalue weighted by Gasteiger charge is 2.31. The molecule has 4 heteroatoms. The van der Waals surface area contributed by atoms with E-state index in [9.17, 15) is 9.59 Å². The molecule has 0 aromatic carbocycles. The third-order valence-electron chi connectivity index (χ3n) is 8.06. The monoisotopic (exact) mass is 508 g/mol. The Hall–Kier alpha value is -1.06. The van der Waals surface area contributed by atoms with Crippen LogP contribution in [0.5, 0.6) is 0 Å². The molecule has 0 spiro atoms. The normalized spacial score (nSPS) is 19.9. The first-order valence-electron chi connectivity index (χ1n) is 15.5. The topological polar surface area (TPSA) is 52.6 Å². The molecule has 4 nitrogen and oxygen atoms in total. The molecule has 1 aliphatic carbocycles. The Kier molecular flexibility index (Phi) is 18.3. The second-order valence-electron chi connectivity index (χ2n) is 12.7. The predicted octanol–water partition coefficient (Wildman–Crippen LogP) is 9.14. The number of unbranched alkanes of at least 4 members (excludes halogenated alkanes) is 4. The van der Waals surface area contributed by atoms with E-state index in [1.165, 1.54) is 64.2 Å². The second kappa shape index (κ2) is 20.0. The summed E-state index contributed by atoms with van der Waals surface area (Å²) in [6.45, 7) is 14.7. The first-order valence-corrected chi connectivity index (χ1v) is 15.5. The van der Waals surface area contributed by atoms with Crippen LogP contribution in [0.3, 0.4) is 0 Å². The van der Waals surface area contributed by atoms with E-state index in [2.05, 4.69) is 41.5 Å². The van der Waals surface area contributed by atoms with Gasteiger partial charge in [0.25, 0.3) is 0 Å². The van der Waals surface area contributed by atoms with Crippen molar-refractivity contribution in [3.63, 3.8) is 0 Å². The van der Waals surface area contributed by atoms with E-state index in [1.54, 1.807) is 0 Å². The van der Waals surface area contributed by atoms with Crippen molar-refractivity contribution in [2.45, 2.75) is 144 Å². The van der Waals surface area contributed by atoms with Crippen molar-refractivity contribution in [3.05, 3.63) is 0 Å². The van der Waals surface area contributed by atoms with Gasteiger partial charge >= 0.3 is 11.9 Å². The quantitative estimate of drug-likeness (QED) is 0.121. The van der Waals surface area contributed by atoms with Crippen molar-refractivity contribution >= 4 is 11.9 Å². The van der Waals surface area contributed by atoms with Crippen molar-refractivity contribution in [1.29, 1.82) is 0 Å². The SMILES string of the molecule is CC(C)CCCCCC(C)CCOC(=O)C1CCC(C(=O)OCCC(C)CCCCCC(C)C)CC1. The first-order chi connectivity index (χ1) is 17.2. The van der Waals surface area contributed by atoms with Gasteiger partial charge in [-0.3, -0.25) is 9.59 Å². The van der Waals surface area contributed by atoms with Gasteiger partial charge in [-0.1, -0.05) is 106 Å². The maximum Gasteiger partial charge on any atom is 0.308 e. The molecule has 2 unspecified atom stereocenters. The van der Waals surface area contributed by atoms with Crippen molar-refractivity contribution in [2.24, 2.45) is 35.5 Å². The molecular formula is C32H60O4. The van der Waals surface area contributed by atoms with Gasteiger partial charge in [0.05, 0.1) is 25.0 Å². The van der Waals surface area contributed by atoms with Crippen LogP contribution in [0, 0.1) is 35.5 Å². The molecule has 0 saturated heterocycles. The van der Waals surface area contributed by atoms with Crippen LogP contribution in [0.1, 0.15) is 144 Å². The number of hydrogen-bond donors (Lipinski definition) is 0. The molecule has 0 aromatic heterocycles. The summed E-state index contributed by atoms with van der Waals surface area (Å²) in [6.07, 6.45) is 17.8. The van der Waals surface area contributed by atoms with Gasteiger partial charge in [0.15, 0.2) is 0 Å². The molecule has 0 bridgehead atoms. The van der Waals surface area contributed by atoms with Crippen LogP contribution in [0.2, 0.25) is 0 Å². The molecule has 0 N–H and O–H groups in total. The maximum atomic E-state index is 12.5. The Labute approximate surface area is 224 Å². The lowest BCUT2D eigenvalue weighted by Gasteiger charge is -2.26. The molecular weight excluding hydrogens is 448 g/mol. The zero-order chi connectivity index (χ0) is 26.8. The van der Waals surface area contributed by atoms with Crippen LogP contribution in [0.25, 0.3) is 0 Å². The predicted molar refractivity (Wildman–Crippen MR) is 151 cm³/mol. The third-order valence-corrected chi connectivity index (χ3v) is 8.06. The molecule has 36 heavy (non-hydrogen) atoms. The second-order valence-corrected chi connectivity index (χ2v) is 12.7. The van der Waals surface area contributed by atoms with Crippen LogP contribution in [-0.2, 0) is 19.1 Å². The highest BCUT2D eigenvalue weighted by molar-refractivity contribution is 5.75. The highest BCUT2D eigenvalue weighted by atomic mass is 16.5. The summed E-state index contributed by atoms with van der Waals surface area (Å²) in [6, 6.07) is 0. The van der Waals surface area contributed by atoms with Gasteiger partial charge in [0.1, 0.15) is 0 Å². The van der Waals surface area contributed by atoms with Crippen LogP contribution in [-0.4, -0.2) is 25.2 Å². The van der Waals surface area contributed by atoms with E-state index in [-0.39, 0.29) is 23.8 Å². The van der Waals surface area contributed by atoms with E-state index in [0.717, 1.165) is 50.4 Å². The van der Waals surface area contributed by atoms with Crippen molar-refractivity contribution in [1.82, 2.24) is 0 Å². The number of ether oxygens (including phenoxy) is 2. The Morgan fingerprint density at radius 3 is 1.19 bits per heavy atom. The molecule has 1 saturated carbocycles. The summed E-state index contributed by atoms with van der Waals surface area (Å²) in [7, 11) is 0. The first kappa shape index (κ1) is 33.0. The summed E-state index contributed by atoms with van der Waals surface area (Å²) in [5, 5.41) is 0. The molecule has 2 atom stereocenters. The largest absolute Gasteiger partial charge is 0.465 e. The third kappa shape index (κ3) is 16.6. The lowest BCUT2D eigenvalue weighted by molar-refractivity contribution is -0.155. The van der Waals surface area contributed by atoms with Crippen molar-refractivity contribution in [3.8, 4) is 0 Å². The number of hydrogen-bond acceptors (Lipinski definition) is 4. The number of carbonyl (C=O) groups is 2. The van der Waals surface area contributed by atoms with E-state index in [4.69, 9.17) is 9.47 Å². The average Bonchev–Trinajstić information content (AvgIpc) is 2.83. The van der Waals surface area contributed by atoms with Crippen LogP contribution in [0.15, 0.2) is 0 Å². The van der Waals surface area contributed by atoms with Crippen LogP contribution >= 0.6 is 0 Å². The van der Waals surface area contributed by atoms with E-state index in [1.807, 2.05) is 0 Å². The molecule has 0 radical (unpaired) electrons. The minimum absolute atomic E-state index is 0.0453. The van der Waals surface area contributed by atoms with Gasteiger partial charge in [0.2, 0.25) is 0 Å². The zero-order valence-corrected chi connectivity index (χ0v) is 24.8. The fourth-order valence-corrected chi connectivity index (χ4v) is 5.25. The summed E-state index contributed by atoms with van der Waals surface area (Å²) in [4.78, 5) is 25.0. The summed E-state index contributed by atoms with van der Waals surface area (Å²) >= 11 is 0. The van der Waals surface area contributed by atoms with E-state index >= 15 is 0 Å². The van der Waals surface area contributed by atoms with Gasteiger partial charge in [0, 0.05) is 0 Å². The minimum atomic E-state index is -0.0619. The molecule has 1 fully saturated rings. The van der Waals surface area contributed by atoms with E-state index < -0.39 is 0 Å². The molecule has 0 aromatic rings. The molecule has 1 rings (SSSR count). The fraction of sp³-hybridized carbons (Fsp3) is 0.938. The minimum Gasteiger partial charge on any atom is -0.465 e. The van der Waals surface area contributed by atoms with Gasteiger partial charge in [-0.05, 0) is 62.2 Å². The van der Waals surface area contributed by atoms with Gasteiger partial charge in [-0.15, -0.1) is 0 Å².